The molecule has 2 aliphatic rings. The van der Waals surface area contributed by atoms with E-state index in [9.17, 15) is 0 Å². The standard InChI is InChI=1S/C23H26N4O/c1-17-8-6-11-19(24-17)27-21(22(16-28-2)12-7-13-22)25-20(26-27)23(14-15-23)18-9-4-3-5-10-18/h3-6,8-11H,7,12-16H2,1-2H3. The Kier molecular flexibility index (Phi) is 4.09. The predicted molar refractivity (Wildman–Crippen MR) is 108 cm³/mol. The minimum absolute atomic E-state index is 0.0525. The zero-order chi connectivity index (χ0) is 19.2. The second-order valence-electron chi connectivity index (χ2n) is 8.32. The van der Waals surface area contributed by atoms with Crippen LogP contribution in [0.3, 0.4) is 0 Å². The summed E-state index contributed by atoms with van der Waals surface area (Å²) in [6, 6.07) is 16.8. The maximum absolute atomic E-state index is 5.61. The lowest BCUT2D eigenvalue weighted by molar-refractivity contribution is 0.0715. The summed E-state index contributed by atoms with van der Waals surface area (Å²) < 4.78 is 7.60. The number of methoxy groups -OCH3 is 1. The van der Waals surface area contributed by atoms with Gasteiger partial charge in [0.1, 0.15) is 5.82 Å². The number of ether oxygens (including phenoxy) is 1. The van der Waals surface area contributed by atoms with Gasteiger partial charge < -0.3 is 4.74 Å². The van der Waals surface area contributed by atoms with Crippen molar-refractivity contribution >= 4 is 0 Å². The van der Waals surface area contributed by atoms with Gasteiger partial charge in [0, 0.05) is 12.8 Å². The Labute approximate surface area is 165 Å². The Morgan fingerprint density at radius 1 is 0.964 bits per heavy atom. The van der Waals surface area contributed by atoms with Gasteiger partial charge in [-0.05, 0) is 50.3 Å². The lowest BCUT2D eigenvalue weighted by Gasteiger charge is -2.40. The van der Waals surface area contributed by atoms with Crippen LogP contribution in [-0.4, -0.2) is 33.5 Å². The van der Waals surface area contributed by atoms with Crippen LogP contribution < -0.4 is 0 Å². The first-order valence-electron chi connectivity index (χ1n) is 10.1. The molecule has 144 valence electrons. The average molecular weight is 374 g/mol. The lowest BCUT2D eigenvalue weighted by atomic mass is 9.68. The first kappa shape index (κ1) is 17.6. The maximum atomic E-state index is 5.61. The Balaban J connectivity index is 1.66. The van der Waals surface area contributed by atoms with E-state index >= 15 is 0 Å². The van der Waals surface area contributed by atoms with Crippen molar-refractivity contribution in [2.75, 3.05) is 13.7 Å². The molecule has 0 amide bonds. The Hall–Kier alpha value is -2.53. The molecule has 2 aliphatic carbocycles. The molecule has 5 nitrogen and oxygen atoms in total. The van der Waals surface area contributed by atoms with E-state index in [1.54, 1.807) is 7.11 Å². The van der Waals surface area contributed by atoms with Crippen LogP contribution in [0.5, 0.6) is 0 Å². The van der Waals surface area contributed by atoms with Gasteiger partial charge in [0.25, 0.3) is 0 Å². The molecule has 0 radical (unpaired) electrons. The van der Waals surface area contributed by atoms with E-state index in [1.807, 2.05) is 29.8 Å². The normalized spacial score (nSPS) is 19.2. The molecule has 1 aromatic carbocycles. The van der Waals surface area contributed by atoms with E-state index < -0.39 is 0 Å². The number of nitrogens with zero attached hydrogens (tertiary/aromatic N) is 4. The Morgan fingerprint density at radius 3 is 2.36 bits per heavy atom. The highest BCUT2D eigenvalue weighted by atomic mass is 16.5. The largest absolute Gasteiger partial charge is 0.384 e. The number of aryl methyl sites for hydroxylation is 1. The van der Waals surface area contributed by atoms with Crippen LogP contribution in [-0.2, 0) is 15.6 Å². The molecular formula is C23H26N4O. The first-order chi connectivity index (χ1) is 13.7. The van der Waals surface area contributed by atoms with Crippen molar-refractivity contribution < 1.29 is 4.74 Å². The van der Waals surface area contributed by atoms with Crippen LogP contribution in [0.2, 0.25) is 0 Å². The number of hydrogen-bond donors (Lipinski definition) is 0. The molecule has 0 N–H and O–H groups in total. The highest BCUT2D eigenvalue weighted by molar-refractivity contribution is 5.40. The highest BCUT2D eigenvalue weighted by Gasteiger charge is 2.52. The van der Waals surface area contributed by atoms with Gasteiger partial charge in [-0.15, -0.1) is 5.10 Å². The molecule has 0 unspecified atom stereocenters. The number of hydrogen-bond acceptors (Lipinski definition) is 4. The summed E-state index contributed by atoms with van der Waals surface area (Å²) >= 11 is 0. The minimum atomic E-state index is -0.0573. The molecule has 5 rings (SSSR count). The lowest BCUT2D eigenvalue weighted by Crippen LogP contribution is -2.41. The summed E-state index contributed by atoms with van der Waals surface area (Å²) in [5.41, 5.74) is 2.19. The average Bonchev–Trinajstić information content (AvgIpc) is 3.38. The summed E-state index contributed by atoms with van der Waals surface area (Å²) in [7, 11) is 1.78. The van der Waals surface area contributed by atoms with E-state index in [1.165, 1.54) is 12.0 Å². The molecule has 3 aromatic rings. The van der Waals surface area contributed by atoms with Crippen molar-refractivity contribution in [3.05, 3.63) is 71.4 Å². The molecule has 0 saturated heterocycles. The molecule has 0 aliphatic heterocycles. The molecule has 0 spiro atoms. The predicted octanol–water partition coefficient (Wildman–Crippen LogP) is 4.12. The van der Waals surface area contributed by atoms with Crippen molar-refractivity contribution in [1.82, 2.24) is 19.7 Å². The van der Waals surface area contributed by atoms with Gasteiger partial charge in [0.15, 0.2) is 11.6 Å². The topological polar surface area (TPSA) is 52.8 Å². The molecule has 2 aromatic heterocycles. The second-order valence-corrected chi connectivity index (χ2v) is 8.32. The summed E-state index contributed by atoms with van der Waals surface area (Å²) in [6.45, 7) is 2.69. The Bertz CT molecular complexity index is 987. The molecule has 2 heterocycles. The molecular weight excluding hydrogens is 348 g/mol. The van der Waals surface area contributed by atoms with Crippen molar-refractivity contribution in [3.8, 4) is 5.82 Å². The first-order valence-corrected chi connectivity index (χ1v) is 10.1. The number of pyridine rings is 1. The van der Waals surface area contributed by atoms with Gasteiger partial charge in [-0.3, -0.25) is 0 Å². The van der Waals surface area contributed by atoms with Crippen LogP contribution in [0.1, 0.15) is 55.0 Å². The number of benzene rings is 1. The molecule has 0 bridgehead atoms. The third-order valence-electron chi connectivity index (χ3n) is 6.41. The second kappa shape index (κ2) is 6.52. The van der Waals surface area contributed by atoms with Crippen molar-refractivity contribution in [3.63, 3.8) is 0 Å². The summed E-state index contributed by atoms with van der Waals surface area (Å²) in [5.74, 6) is 2.79. The highest BCUT2D eigenvalue weighted by Crippen LogP contribution is 2.53. The van der Waals surface area contributed by atoms with Crippen LogP contribution in [0, 0.1) is 6.92 Å². The zero-order valence-electron chi connectivity index (χ0n) is 16.6. The van der Waals surface area contributed by atoms with E-state index in [-0.39, 0.29) is 10.8 Å². The third-order valence-corrected chi connectivity index (χ3v) is 6.41. The summed E-state index contributed by atoms with van der Waals surface area (Å²) in [6.07, 6.45) is 5.57. The van der Waals surface area contributed by atoms with Gasteiger partial charge >= 0.3 is 0 Å². The molecule has 5 heteroatoms. The van der Waals surface area contributed by atoms with Crippen molar-refractivity contribution in [2.45, 2.75) is 49.9 Å². The summed E-state index contributed by atoms with van der Waals surface area (Å²) in [5, 5.41) is 5.05. The van der Waals surface area contributed by atoms with Crippen LogP contribution in [0.25, 0.3) is 5.82 Å². The number of rotatable bonds is 6. The fourth-order valence-electron chi connectivity index (χ4n) is 4.50. The maximum Gasteiger partial charge on any atom is 0.161 e. The van der Waals surface area contributed by atoms with Gasteiger partial charge in [-0.25, -0.2) is 9.97 Å². The molecule has 2 fully saturated rings. The van der Waals surface area contributed by atoms with Gasteiger partial charge in [-0.1, -0.05) is 42.8 Å². The van der Waals surface area contributed by atoms with Gasteiger partial charge in [-0.2, -0.15) is 4.68 Å². The number of aromatic nitrogens is 4. The van der Waals surface area contributed by atoms with Crippen LogP contribution >= 0.6 is 0 Å². The van der Waals surface area contributed by atoms with Crippen molar-refractivity contribution in [2.24, 2.45) is 0 Å². The zero-order valence-corrected chi connectivity index (χ0v) is 16.6. The van der Waals surface area contributed by atoms with E-state index in [0.717, 1.165) is 48.8 Å². The quantitative estimate of drug-likeness (QED) is 0.651. The third kappa shape index (κ3) is 2.68. The van der Waals surface area contributed by atoms with E-state index in [0.29, 0.717) is 6.61 Å². The monoisotopic (exact) mass is 374 g/mol. The molecule has 2 saturated carbocycles. The smallest absolute Gasteiger partial charge is 0.161 e. The molecule has 28 heavy (non-hydrogen) atoms. The van der Waals surface area contributed by atoms with Crippen molar-refractivity contribution in [1.29, 1.82) is 0 Å². The van der Waals surface area contributed by atoms with E-state index in [4.69, 9.17) is 19.8 Å². The van der Waals surface area contributed by atoms with Crippen LogP contribution in [0.4, 0.5) is 0 Å². The van der Waals surface area contributed by atoms with Gasteiger partial charge in [0.05, 0.1) is 17.4 Å². The van der Waals surface area contributed by atoms with E-state index in [2.05, 4.69) is 30.3 Å². The fraction of sp³-hybridized carbons (Fsp3) is 0.435. The fourth-order valence-corrected chi connectivity index (χ4v) is 4.50. The summed E-state index contributed by atoms with van der Waals surface area (Å²) in [4.78, 5) is 9.92. The van der Waals surface area contributed by atoms with Gasteiger partial charge in [0.2, 0.25) is 0 Å². The van der Waals surface area contributed by atoms with Crippen LogP contribution in [0.15, 0.2) is 48.5 Å². The SMILES string of the molecule is COCC1(c2nc(C3(c4ccccc4)CC3)nn2-c2cccc(C)n2)CCC1. The minimum Gasteiger partial charge on any atom is -0.384 e. The Morgan fingerprint density at radius 2 is 1.75 bits per heavy atom. The molecule has 0 atom stereocenters.